The second-order valence-corrected chi connectivity index (χ2v) is 6.63. The number of hydrogen-bond acceptors (Lipinski definition) is 2. The second-order valence-electron chi connectivity index (χ2n) is 6.63. The fourth-order valence-corrected chi connectivity index (χ4v) is 3.35. The first-order valence-corrected chi connectivity index (χ1v) is 7.98. The highest BCUT2D eigenvalue weighted by atomic mass is 16.1. The van der Waals surface area contributed by atoms with Gasteiger partial charge in [0.15, 0.2) is 0 Å². The summed E-state index contributed by atoms with van der Waals surface area (Å²) in [6.45, 7) is 9.73. The van der Waals surface area contributed by atoms with Crippen molar-refractivity contribution in [2.45, 2.75) is 46.2 Å². The van der Waals surface area contributed by atoms with Gasteiger partial charge in [-0.2, -0.15) is 0 Å². The van der Waals surface area contributed by atoms with E-state index in [9.17, 15) is 4.79 Å². The lowest BCUT2D eigenvalue weighted by Gasteiger charge is -2.34. The smallest absolute Gasteiger partial charge is 0.306 e. The van der Waals surface area contributed by atoms with Crippen LogP contribution < -0.4 is 5.69 Å². The Morgan fingerprint density at radius 3 is 2.67 bits per heavy atom. The second kappa shape index (κ2) is 5.68. The Bertz CT molecular complexity index is 675. The van der Waals surface area contributed by atoms with Crippen LogP contribution in [0.2, 0.25) is 0 Å². The van der Waals surface area contributed by atoms with Crippen LogP contribution in [-0.2, 0) is 6.54 Å². The minimum absolute atomic E-state index is 0.0295. The molecular weight excluding hydrogens is 262 g/mol. The third kappa shape index (κ3) is 2.91. The van der Waals surface area contributed by atoms with Crippen LogP contribution in [0.1, 0.15) is 32.3 Å². The third-order valence-corrected chi connectivity index (χ3v) is 4.75. The van der Waals surface area contributed by atoms with E-state index < -0.39 is 0 Å². The molecule has 0 aliphatic carbocycles. The summed E-state index contributed by atoms with van der Waals surface area (Å²) in [6, 6.07) is 6.79. The number of fused-ring (bicyclic) bond motifs is 1. The molecule has 0 saturated carbocycles. The molecule has 3 rings (SSSR count). The van der Waals surface area contributed by atoms with E-state index in [0.717, 1.165) is 30.7 Å². The summed E-state index contributed by atoms with van der Waals surface area (Å²) in [5, 5.41) is 0. The molecule has 1 aromatic carbocycles. The maximum atomic E-state index is 12.2. The van der Waals surface area contributed by atoms with Crippen LogP contribution >= 0.6 is 0 Å². The van der Waals surface area contributed by atoms with E-state index in [1.807, 2.05) is 16.7 Å². The Labute approximate surface area is 125 Å². The lowest BCUT2D eigenvalue weighted by molar-refractivity contribution is 0.142. The summed E-state index contributed by atoms with van der Waals surface area (Å²) in [5.74, 6) is 0.609. The van der Waals surface area contributed by atoms with Crippen molar-refractivity contribution in [1.82, 2.24) is 14.5 Å². The molecule has 4 nitrogen and oxygen atoms in total. The van der Waals surface area contributed by atoms with Crippen LogP contribution in [0.3, 0.4) is 0 Å². The topological polar surface area (TPSA) is 41.0 Å². The van der Waals surface area contributed by atoms with Crippen LogP contribution in [0.15, 0.2) is 23.0 Å². The van der Waals surface area contributed by atoms with E-state index in [-0.39, 0.29) is 5.69 Å². The summed E-state index contributed by atoms with van der Waals surface area (Å²) in [6.07, 6.45) is 2.37. The van der Waals surface area contributed by atoms with Crippen molar-refractivity contribution >= 4 is 11.0 Å². The van der Waals surface area contributed by atoms with Gasteiger partial charge < -0.3 is 9.88 Å². The number of nitrogens with zero attached hydrogens (tertiary/aromatic N) is 2. The van der Waals surface area contributed by atoms with Crippen LogP contribution in [-0.4, -0.2) is 33.6 Å². The van der Waals surface area contributed by atoms with Crippen LogP contribution in [0, 0.1) is 12.8 Å². The van der Waals surface area contributed by atoms with Crippen LogP contribution in [0.4, 0.5) is 0 Å². The highest BCUT2D eigenvalue weighted by Gasteiger charge is 2.22. The molecule has 0 bridgehead atoms. The lowest BCUT2D eigenvalue weighted by Crippen LogP contribution is -2.39. The van der Waals surface area contributed by atoms with Gasteiger partial charge in [0.1, 0.15) is 0 Å². The molecule has 0 atom stereocenters. The largest absolute Gasteiger partial charge is 0.326 e. The SMILES string of the molecule is Cc1ccc2[nH]c(=O)n(CC3CCN(C(C)C)CC3)c2c1. The minimum Gasteiger partial charge on any atom is -0.306 e. The zero-order valence-electron chi connectivity index (χ0n) is 13.2. The molecule has 1 aliphatic rings. The number of benzene rings is 1. The Balaban J connectivity index is 1.78. The lowest BCUT2D eigenvalue weighted by atomic mass is 9.96. The van der Waals surface area contributed by atoms with Crippen molar-refractivity contribution in [3.63, 3.8) is 0 Å². The first-order chi connectivity index (χ1) is 10.0. The first kappa shape index (κ1) is 14.4. The van der Waals surface area contributed by atoms with Gasteiger partial charge in [0, 0.05) is 12.6 Å². The van der Waals surface area contributed by atoms with Gasteiger partial charge in [0.25, 0.3) is 0 Å². The van der Waals surface area contributed by atoms with E-state index in [2.05, 4.69) is 36.7 Å². The molecule has 1 saturated heterocycles. The molecule has 1 aliphatic heterocycles. The quantitative estimate of drug-likeness (QED) is 0.943. The summed E-state index contributed by atoms with van der Waals surface area (Å²) in [7, 11) is 0. The van der Waals surface area contributed by atoms with E-state index in [0.29, 0.717) is 12.0 Å². The van der Waals surface area contributed by atoms with Gasteiger partial charge >= 0.3 is 5.69 Å². The van der Waals surface area contributed by atoms with Gasteiger partial charge in [-0.05, 0) is 70.3 Å². The van der Waals surface area contributed by atoms with Crippen molar-refractivity contribution in [3.05, 3.63) is 34.2 Å². The number of imidazole rings is 1. The van der Waals surface area contributed by atoms with Gasteiger partial charge in [0.05, 0.1) is 11.0 Å². The average Bonchev–Trinajstić information content (AvgIpc) is 2.76. The van der Waals surface area contributed by atoms with Gasteiger partial charge in [-0.15, -0.1) is 0 Å². The van der Waals surface area contributed by atoms with Gasteiger partial charge in [0.2, 0.25) is 0 Å². The molecule has 1 fully saturated rings. The van der Waals surface area contributed by atoms with E-state index in [1.54, 1.807) is 0 Å². The van der Waals surface area contributed by atoms with Crippen molar-refractivity contribution < 1.29 is 0 Å². The molecule has 0 amide bonds. The highest BCUT2D eigenvalue weighted by Crippen LogP contribution is 2.22. The maximum Gasteiger partial charge on any atom is 0.326 e. The van der Waals surface area contributed by atoms with Crippen molar-refractivity contribution in [1.29, 1.82) is 0 Å². The highest BCUT2D eigenvalue weighted by molar-refractivity contribution is 5.75. The summed E-state index contributed by atoms with van der Waals surface area (Å²) < 4.78 is 1.93. The number of hydrogen-bond donors (Lipinski definition) is 1. The zero-order valence-corrected chi connectivity index (χ0v) is 13.2. The maximum absolute atomic E-state index is 12.2. The number of nitrogens with one attached hydrogen (secondary N) is 1. The summed E-state index contributed by atoms with van der Waals surface area (Å²) >= 11 is 0. The molecule has 2 aromatic rings. The molecule has 2 heterocycles. The zero-order chi connectivity index (χ0) is 15.0. The Hall–Kier alpha value is -1.55. The molecule has 0 unspecified atom stereocenters. The molecule has 0 radical (unpaired) electrons. The molecule has 1 aromatic heterocycles. The third-order valence-electron chi connectivity index (χ3n) is 4.75. The van der Waals surface area contributed by atoms with E-state index in [1.165, 1.54) is 18.4 Å². The molecule has 114 valence electrons. The predicted molar refractivity (Wildman–Crippen MR) is 86.7 cm³/mol. The number of H-pyrrole nitrogens is 1. The van der Waals surface area contributed by atoms with Gasteiger partial charge in [-0.1, -0.05) is 6.07 Å². The van der Waals surface area contributed by atoms with E-state index >= 15 is 0 Å². The number of piperidine rings is 1. The molecular formula is C17H25N3O. The fourth-order valence-electron chi connectivity index (χ4n) is 3.35. The van der Waals surface area contributed by atoms with Crippen molar-refractivity contribution in [2.75, 3.05) is 13.1 Å². The molecule has 21 heavy (non-hydrogen) atoms. The number of aryl methyl sites for hydroxylation is 1. The van der Waals surface area contributed by atoms with Crippen molar-refractivity contribution in [2.24, 2.45) is 5.92 Å². The average molecular weight is 287 g/mol. The number of likely N-dealkylation sites (tertiary alicyclic amines) is 1. The predicted octanol–water partition coefficient (Wildman–Crippen LogP) is 2.76. The first-order valence-electron chi connectivity index (χ1n) is 7.98. The van der Waals surface area contributed by atoms with Crippen LogP contribution in [0.25, 0.3) is 11.0 Å². The van der Waals surface area contributed by atoms with Gasteiger partial charge in [-0.3, -0.25) is 4.57 Å². The number of aromatic amines is 1. The van der Waals surface area contributed by atoms with E-state index in [4.69, 9.17) is 0 Å². The Morgan fingerprint density at radius 1 is 1.29 bits per heavy atom. The molecule has 4 heteroatoms. The Kier molecular flexibility index (Phi) is 3.89. The van der Waals surface area contributed by atoms with Crippen molar-refractivity contribution in [3.8, 4) is 0 Å². The Morgan fingerprint density at radius 2 is 2.00 bits per heavy atom. The number of aromatic nitrogens is 2. The summed E-state index contributed by atoms with van der Waals surface area (Å²) in [4.78, 5) is 17.7. The molecule has 1 N–H and O–H groups in total. The number of rotatable bonds is 3. The van der Waals surface area contributed by atoms with Crippen LogP contribution in [0.5, 0.6) is 0 Å². The normalized spacial score (nSPS) is 17.9. The monoisotopic (exact) mass is 287 g/mol. The molecule has 0 spiro atoms. The van der Waals surface area contributed by atoms with Gasteiger partial charge in [-0.25, -0.2) is 4.79 Å². The fraction of sp³-hybridized carbons (Fsp3) is 0.588. The minimum atomic E-state index is 0.0295. The standard InChI is InChI=1S/C17H25N3O/c1-12(2)19-8-6-14(7-9-19)11-20-16-10-13(3)4-5-15(16)18-17(20)21/h4-5,10,12,14H,6-9,11H2,1-3H3,(H,18,21). The summed E-state index contributed by atoms with van der Waals surface area (Å²) in [5.41, 5.74) is 3.23.